The molecular formula is C23H29ClN3O4-. The second-order valence-corrected chi connectivity index (χ2v) is 6.70. The van der Waals surface area contributed by atoms with E-state index in [0.29, 0.717) is 18.8 Å². The highest BCUT2D eigenvalue weighted by atomic mass is 35.5. The SMILES string of the molecule is CCOC(=O)Nc1ccc2c(c1)N(C(=O)CN(CC)CC)c1ccccc1C=C2.O.[Cl-]. The van der Waals surface area contributed by atoms with Gasteiger partial charge in [-0.15, -0.1) is 0 Å². The molecule has 3 rings (SSSR count). The van der Waals surface area contributed by atoms with Crippen LogP contribution in [0.3, 0.4) is 0 Å². The van der Waals surface area contributed by atoms with Crippen LogP contribution >= 0.6 is 0 Å². The summed E-state index contributed by atoms with van der Waals surface area (Å²) in [5.74, 6) is -0.0145. The fourth-order valence-electron chi connectivity index (χ4n) is 3.36. The number of halogens is 1. The summed E-state index contributed by atoms with van der Waals surface area (Å²) in [6, 6.07) is 13.3. The summed E-state index contributed by atoms with van der Waals surface area (Å²) in [5, 5.41) is 2.73. The van der Waals surface area contributed by atoms with Gasteiger partial charge in [0.15, 0.2) is 0 Å². The summed E-state index contributed by atoms with van der Waals surface area (Å²) in [7, 11) is 0. The first-order valence-electron chi connectivity index (χ1n) is 9.97. The Kier molecular flexibility index (Phi) is 10.2. The van der Waals surface area contributed by atoms with Gasteiger partial charge in [0.25, 0.3) is 0 Å². The number of para-hydroxylation sites is 1. The molecule has 2 aromatic carbocycles. The Hall–Kier alpha value is -2.87. The molecule has 0 bridgehead atoms. The van der Waals surface area contributed by atoms with E-state index in [1.165, 1.54) is 0 Å². The van der Waals surface area contributed by atoms with Crippen LogP contribution < -0.4 is 22.6 Å². The molecule has 0 aromatic heterocycles. The molecule has 0 saturated heterocycles. The van der Waals surface area contributed by atoms with Crippen LogP contribution in [0.15, 0.2) is 42.5 Å². The Morgan fingerprint density at radius 1 is 0.968 bits per heavy atom. The number of nitrogens with one attached hydrogen (secondary N) is 1. The molecule has 0 unspecified atom stereocenters. The fraction of sp³-hybridized carbons (Fsp3) is 0.304. The summed E-state index contributed by atoms with van der Waals surface area (Å²) in [5.41, 5.74) is 4.02. The number of hydrogen-bond donors (Lipinski definition) is 1. The monoisotopic (exact) mass is 446 g/mol. The third-order valence-electron chi connectivity index (χ3n) is 4.92. The van der Waals surface area contributed by atoms with Crippen LogP contribution in [0.1, 0.15) is 31.9 Å². The Balaban J connectivity index is 0.00000240. The first-order valence-corrected chi connectivity index (χ1v) is 9.97. The van der Waals surface area contributed by atoms with Crippen LogP contribution in [-0.2, 0) is 9.53 Å². The molecule has 7 nitrogen and oxygen atoms in total. The van der Waals surface area contributed by atoms with Gasteiger partial charge in [0, 0.05) is 5.69 Å². The number of benzene rings is 2. The first-order chi connectivity index (χ1) is 14.1. The third-order valence-corrected chi connectivity index (χ3v) is 4.92. The van der Waals surface area contributed by atoms with E-state index < -0.39 is 6.09 Å². The average Bonchev–Trinajstić information content (AvgIpc) is 2.88. The molecule has 8 heteroatoms. The zero-order valence-corrected chi connectivity index (χ0v) is 18.8. The van der Waals surface area contributed by atoms with E-state index in [-0.39, 0.29) is 23.8 Å². The molecule has 3 N–H and O–H groups in total. The molecule has 1 aliphatic heterocycles. The molecule has 1 heterocycles. The predicted octanol–water partition coefficient (Wildman–Crippen LogP) is 0.925. The summed E-state index contributed by atoms with van der Waals surface area (Å²) in [6.07, 6.45) is 3.49. The number of ether oxygens (including phenoxy) is 1. The molecule has 0 fully saturated rings. The quantitative estimate of drug-likeness (QED) is 0.714. The van der Waals surface area contributed by atoms with Crippen LogP contribution in [0.25, 0.3) is 12.2 Å². The molecule has 0 atom stereocenters. The third kappa shape index (κ3) is 6.07. The molecule has 2 amide bonds. The Morgan fingerprint density at radius 2 is 1.61 bits per heavy atom. The highest BCUT2D eigenvalue weighted by molar-refractivity contribution is 6.07. The number of likely N-dealkylation sites (N-methyl/N-ethyl adjacent to an activating group) is 1. The number of anilines is 3. The number of carbonyl (C=O) groups is 2. The van der Waals surface area contributed by atoms with Gasteiger partial charge in [-0.2, -0.15) is 0 Å². The van der Waals surface area contributed by atoms with E-state index in [1.54, 1.807) is 11.8 Å². The summed E-state index contributed by atoms with van der Waals surface area (Å²) >= 11 is 0. The smallest absolute Gasteiger partial charge is 0.411 e. The van der Waals surface area contributed by atoms with Crippen LogP contribution in [0, 0.1) is 0 Å². The lowest BCUT2D eigenvalue weighted by atomic mass is 10.1. The van der Waals surface area contributed by atoms with E-state index in [1.807, 2.05) is 68.5 Å². The van der Waals surface area contributed by atoms with Crippen molar-refractivity contribution in [2.75, 3.05) is 36.5 Å². The predicted molar refractivity (Wildman–Crippen MR) is 121 cm³/mol. The van der Waals surface area contributed by atoms with Crippen molar-refractivity contribution in [1.82, 2.24) is 4.90 Å². The van der Waals surface area contributed by atoms with Crippen molar-refractivity contribution in [3.05, 3.63) is 53.6 Å². The van der Waals surface area contributed by atoms with Gasteiger partial charge >= 0.3 is 6.09 Å². The fourth-order valence-corrected chi connectivity index (χ4v) is 3.36. The van der Waals surface area contributed by atoms with Crippen molar-refractivity contribution in [1.29, 1.82) is 0 Å². The minimum absolute atomic E-state index is 0. The molecule has 0 radical (unpaired) electrons. The second-order valence-electron chi connectivity index (χ2n) is 6.70. The maximum absolute atomic E-state index is 13.4. The minimum Gasteiger partial charge on any atom is -1.00 e. The molecule has 0 saturated carbocycles. The minimum atomic E-state index is -0.516. The molecule has 1 aliphatic rings. The number of fused-ring (bicyclic) bond motifs is 2. The van der Waals surface area contributed by atoms with Gasteiger partial charge < -0.3 is 22.6 Å². The van der Waals surface area contributed by atoms with Crippen molar-refractivity contribution < 1.29 is 32.2 Å². The number of nitrogens with zero attached hydrogens (tertiary/aromatic N) is 2. The summed E-state index contributed by atoms with van der Waals surface area (Å²) < 4.78 is 4.98. The zero-order valence-electron chi connectivity index (χ0n) is 18.0. The Bertz CT molecular complexity index is 929. The molecule has 168 valence electrons. The van der Waals surface area contributed by atoms with Crippen LogP contribution in [0.4, 0.5) is 21.9 Å². The highest BCUT2D eigenvalue weighted by Gasteiger charge is 2.25. The molecule has 31 heavy (non-hydrogen) atoms. The topological polar surface area (TPSA) is 93.4 Å². The van der Waals surface area contributed by atoms with Gasteiger partial charge in [-0.3, -0.25) is 19.9 Å². The number of hydrogen-bond acceptors (Lipinski definition) is 4. The largest absolute Gasteiger partial charge is 1.00 e. The summed E-state index contributed by atoms with van der Waals surface area (Å²) in [6.45, 7) is 8.05. The molecule has 0 spiro atoms. The zero-order chi connectivity index (χ0) is 20.8. The van der Waals surface area contributed by atoms with Crippen molar-refractivity contribution in [2.45, 2.75) is 20.8 Å². The van der Waals surface area contributed by atoms with E-state index in [9.17, 15) is 9.59 Å². The van der Waals surface area contributed by atoms with Crippen LogP contribution in [0.2, 0.25) is 0 Å². The number of amides is 2. The van der Waals surface area contributed by atoms with Crippen LogP contribution in [0.5, 0.6) is 0 Å². The van der Waals surface area contributed by atoms with E-state index in [0.717, 1.165) is 35.6 Å². The van der Waals surface area contributed by atoms with Gasteiger partial charge in [0.1, 0.15) is 0 Å². The van der Waals surface area contributed by atoms with Gasteiger partial charge in [-0.05, 0) is 49.3 Å². The van der Waals surface area contributed by atoms with Gasteiger partial charge in [-0.25, -0.2) is 4.79 Å². The van der Waals surface area contributed by atoms with Gasteiger partial charge in [-0.1, -0.05) is 50.3 Å². The Morgan fingerprint density at radius 3 is 2.26 bits per heavy atom. The molecule has 2 aromatic rings. The van der Waals surface area contributed by atoms with E-state index >= 15 is 0 Å². The molecular weight excluding hydrogens is 418 g/mol. The Labute approximate surface area is 189 Å². The van der Waals surface area contributed by atoms with E-state index in [2.05, 4.69) is 10.2 Å². The standard InChI is InChI=1S/C23H27N3O3.ClH.H2O/c1-4-25(5-2)16-22(27)26-20-10-8-7-9-17(20)11-12-18-13-14-19(15-21(18)26)24-23(28)29-6-3;;/h7-15H,4-6,16H2,1-3H3,(H,24,28);1H;1H2/p-1. The van der Waals surface area contributed by atoms with Gasteiger partial charge in [0.2, 0.25) is 5.91 Å². The number of carbonyl (C=O) groups excluding carboxylic acids is 2. The maximum atomic E-state index is 13.4. The lowest BCUT2D eigenvalue weighted by molar-refractivity contribution is -0.119. The van der Waals surface area contributed by atoms with Gasteiger partial charge in [0.05, 0.1) is 24.5 Å². The second kappa shape index (κ2) is 12.1. The average molecular weight is 447 g/mol. The normalized spacial score (nSPS) is 11.4. The van der Waals surface area contributed by atoms with Crippen molar-refractivity contribution >= 4 is 41.2 Å². The number of rotatable bonds is 6. The lowest BCUT2D eigenvalue weighted by Crippen LogP contribution is -3.00. The summed E-state index contributed by atoms with van der Waals surface area (Å²) in [4.78, 5) is 29.1. The van der Waals surface area contributed by atoms with Crippen molar-refractivity contribution in [3.8, 4) is 0 Å². The highest BCUT2D eigenvalue weighted by Crippen LogP contribution is 2.38. The molecule has 0 aliphatic carbocycles. The van der Waals surface area contributed by atoms with Crippen molar-refractivity contribution in [3.63, 3.8) is 0 Å². The lowest BCUT2D eigenvalue weighted by Gasteiger charge is -2.28. The first kappa shape index (κ1) is 26.2. The maximum Gasteiger partial charge on any atom is 0.411 e. The van der Waals surface area contributed by atoms with E-state index in [4.69, 9.17) is 4.74 Å². The van der Waals surface area contributed by atoms with Crippen molar-refractivity contribution in [2.24, 2.45) is 0 Å². The van der Waals surface area contributed by atoms with Crippen LogP contribution in [-0.4, -0.2) is 48.6 Å².